The molecule has 1 saturated carbocycles. The molecule has 0 radical (unpaired) electrons. The van der Waals surface area contributed by atoms with Crippen LogP contribution in [0, 0.1) is 24.0 Å². The third-order valence-electron chi connectivity index (χ3n) is 7.02. The lowest BCUT2D eigenvalue weighted by Crippen LogP contribution is -2.52. The Labute approximate surface area is 237 Å². The molecule has 2 atom stereocenters. The zero-order chi connectivity index (χ0) is 29.7. The average molecular weight is 595 g/mol. The fourth-order valence-electron chi connectivity index (χ4n) is 4.74. The zero-order valence-corrected chi connectivity index (χ0v) is 23.3. The number of nitrogens with two attached hydrogens (primary N) is 1. The number of nitrogens with zero attached hydrogens (tertiary/aromatic N) is 2. The second-order valence-electron chi connectivity index (χ2n) is 10.0. The summed E-state index contributed by atoms with van der Waals surface area (Å²) in [5.41, 5.74) is 7.95. The molecule has 41 heavy (non-hydrogen) atoms. The minimum Gasteiger partial charge on any atom is -0.483 e. The van der Waals surface area contributed by atoms with Gasteiger partial charge in [-0.05, 0) is 49.1 Å². The van der Waals surface area contributed by atoms with E-state index in [0.29, 0.717) is 23.7 Å². The Hall–Kier alpha value is -3.62. The monoisotopic (exact) mass is 594 g/mol. The standard InChI is InChI=1S/C27H33F3N6O4S/c1-17-2-3-18(10-24(17)32)16-33-41(38,39)36-8-6-35(7-9-36)25(15-31)26(40-23-5-4-19(28)14-23)27(37)34-22-12-20(29)11-21(30)13-22/h2-3,10-13,15,19,23,31,33H,4-9,14,16,32H2,1H3,(H,34,37)/b26-25-,31-15?. The first-order chi connectivity index (χ1) is 19.4. The third-order valence-corrected chi connectivity index (χ3v) is 8.58. The quantitative estimate of drug-likeness (QED) is 0.144. The first-order valence-corrected chi connectivity index (χ1v) is 14.6. The highest BCUT2D eigenvalue weighted by Crippen LogP contribution is 2.28. The average Bonchev–Trinajstić information content (AvgIpc) is 3.33. The molecule has 0 bridgehead atoms. The van der Waals surface area contributed by atoms with Gasteiger partial charge in [-0.2, -0.15) is 17.4 Å². The van der Waals surface area contributed by atoms with E-state index >= 15 is 0 Å². The van der Waals surface area contributed by atoms with Crippen LogP contribution in [0.1, 0.15) is 30.4 Å². The van der Waals surface area contributed by atoms with Crippen LogP contribution < -0.4 is 15.8 Å². The van der Waals surface area contributed by atoms with E-state index in [1.165, 1.54) is 4.31 Å². The van der Waals surface area contributed by atoms with Gasteiger partial charge in [-0.3, -0.25) is 4.79 Å². The van der Waals surface area contributed by atoms with Crippen molar-refractivity contribution in [1.82, 2.24) is 13.9 Å². The minimum absolute atomic E-state index is 0.0434. The van der Waals surface area contributed by atoms with Gasteiger partial charge in [0.1, 0.15) is 29.6 Å². The van der Waals surface area contributed by atoms with Gasteiger partial charge < -0.3 is 26.1 Å². The number of anilines is 2. The molecule has 1 amide bonds. The van der Waals surface area contributed by atoms with E-state index in [9.17, 15) is 26.4 Å². The molecule has 2 aromatic carbocycles. The van der Waals surface area contributed by atoms with Crippen molar-refractivity contribution in [2.45, 2.75) is 45.0 Å². The second kappa shape index (κ2) is 12.9. The zero-order valence-electron chi connectivity index (χ0n) is 22.5. The number of benzene rings is 2. The number of rotatable bonds is 10. The van der Waals surface area contributed by atoms with Crippen LogP contribution in [0.2, 0.25) is 0 Å². The Morgan fingerprint density at radius 1 is 1.12 bits per heavy atom. The molecule has 1 saturated heterocycles. The summed E-state index contributed by atoms with van der Waals surface area (Å²) in [5, 5.41) is 10.4. The van der Waals surface area contributed by atoms with Crippen molar-refractivity contribution in [3.8, 4) is 0 Å². The molecule has 2 fully saturated rings. The van der Waals surface area contributed by atoms with Gasteiger partial charge in [-0.25, -0.2) is 13.2 Å². The lowest BCUT2D eigenvalue weighted by Gasteiger charge is -2.36. The number of nitrogen functional groups attached to an aromatic ring is 1. The first-order valence-electron chi connectivity index (χ1n) is 13.1. The molecule has 222 valence electrons. The Bertz CT molecular complexity index is 1410. The van der Waals surface area contributed by atoms with E-state index in [1.807, 2.05) is 13.0 Å². The molecule has 4 rings (SSSR count). The molecule has 1 aliphatic heterocycles. The molecule has 2 aromatic rings. The number of nitrogens with one attached hydrogen (secondary N) is 3. The summed E-state index contributed by atoms with van der Waals surface area (Å²) >= 11 is 0. The number of carbonyl (C=O) groups is 1. The summed E-state index contributed by atoms with van der Waals surface area (Å²) in [6.07, 6.45) is -0.168. The number of hydrogen-bond acceptors (Lipinski definition) is 7. The van der Waals surface area contributed by atoms with Crippen LogP contribution in [-0.4, -0.2) is 68.2 Å². The van der Waals surface area contributed by atoms with Crippen molar-refractivity contribution in [3.05, 3.63) is 70.6 Å². The fourth-order valence-corrected chi connectivity index (χ4v) is 5.92. The highest BCUT2D eigenvalue weighted by atomic mass is 32.2. The third kappa shape index (κ3) is 7.77. The molecule has 2 aliphatic rings. The lowest BCUT2D eigenvalue weighted by molar-refractivity contribution is -0.117. The van der Waals surface area contributed by atoms with Gasteiger partial charge in [0.05, 0.1) is 0 Å². The van der Waals surface area contributed by atoms with Crippen LogP contribution in [0.4, 0.5) is 24.5 Å². The van der Waals surface area contributed by atoms with E-state index in [4.69, 9.17) is 15.9 Å². The molecule has 10 nitrogen and oxygen atoms in total. The van der Waals surface area contributed by atoms with Crippen molar-refractivity contribution in [1.29, 1.82) is 5.41 Å². The number of allylic oxidation sites excluding steroid dienone is 1. The number of carbonyl (C=O) groups excluding carboxylic acids is 1. The molecule has 0 aromatic heterocycles. The molecule has 14 heteroatoms. The van der Waals surface area contributed by atoms with Crippen LogP contribution >= 0.6 is 0 Å². The summed E-state index contributed by atoms with van der Waals surface area (Å²) in [6.45, 7) is 2.23. The Morgan fingerprint density at radius 2 is 1.80 bits per heavy atom. The van der Waals surface area contributed by atoms with Gasteiger partial charge in [0.15, 0.2) is 0 Å². The number of halogens is 3. The van der Waals surface area contributed by atoms with Crippen molar-refractivity contribution in [2.75, 3.05) is 37.2 Å². The molecule has 5 N–H and O–H groups in total. The normalized spacial score (nSPS) is 20.4. The van der Waals surface area contributed by atoms with Crippen molar-refractivity contribution < 1.29 is 31.1 Å². The van der Waals surface area contributed by atoms with Gasteiger partial charge >= 0.3 is 0 Å². The van der Waals surface area contributed by atoms with E-state index in [-0.39, 0.29) is 62.7 Å². The highest BCUT2D eigenvalue weighted by molar-refractivity contribution is 7.87. The number of alkyl halides is 1. The number of ether oxygens (including phenoxy) is 1. The smallest absolute Gasteiger partial charge is 0.293 e. The van der Waals surface area contributed by atoms with E-state index < -0.39 is 40.0 Å². The van der Waals surface area contributed by atoms with Gasteiger partial charge in [-0.15, -0.1) is 0 Å². The van der Waals surface area contributed by atoms with Gasteiger partial charge in [0.25, 0.3) is 16.1 Å². The van der Waals surface area contributed by atoms with Crippen LogP contribution in [0.25, 0.3) is 0 Å². The molecular formula is C27H33F3N6O4S. The predicted molar refractivity (Wildman–Crippen MR) is 149 cm³/mol. The fraction of sp³-hybridized carbons (Fsp3) is 0.407. The SMILES string of the molecule is Cc1ccc(CNS(=O)(=O)N2CCN(/C(C=N)=C(\OC3CCC(F)C3)C(=O)Nc3cc(F)cc(F)c3)CC2)cc1N. The summed E-state index contributed by atoms with van der Waals surface area (Å²) in [6, 6.07) is 7.81. The van der Waals surface area contributed by atoms with E-state index in [1.54, 1.807) is 17.0 Å². The van der Waals surface area contributed by atoms with Crippen LogP contribution in [0.5, 0.6) is 0 Å². The van der Waals surface area contributed by atoms with Crippen LogP contribution in [0.15, 0.2) is 47.9 Å². The van der Waals surface area contributed by atoms with Gasteiger partial charge in [0.2, 0.25) is 5.76 Å². The number of hydrogen-bond donors (Lipinski definition) is 4. The topological polar surface area (TPSA) is 141 Å². The largest absolute Gasteiger partial charge is 0.483 e. The first kappa shape index (κ1) is 30.3. The van der Waals surface area contributed by atoms with Crippen LogP contribution in [-0.2, 0) is 26.3 Å². The molecule has 0 spiro atoms. The van der Waals surface area contributed by atoms with E-state index in [2.05, 4.69) is 10.0 Å². The van der Waals surface area contributed by atoms with Crippen molar-refractivity contribution in [2.24, 2.45) is 0 Å². The number of aryl methyl sites for hydroxylation is 1. The van der Waals surface area contributed by atoms with Gasteiger partial charge in [0, 0.05) is 62.8 Å². The maximum absolute atomic E-state index is 13.9. The Balaban J connectivity index is 1.48. The lowest BCUT2D eigenvalue weighted by atomic mass is 10.1. The number of amides is 1. The summed E-state index contributed by atoms with van der Waals surface area (Å²) in [5.74, 6) is -2.97. The molecule has 1 heterocycles. The maximum Gasteiger partial charge on any atom is 0.293 e. The highest BCUT2D eigenvalue weighted by Gasteiger charge is 2.33. The Morgan fingerprint density at radius 3 is 2.39 bits per heavy atom. The Kier molecular flexibility index (Phi) is 9.56. The maximum atomic E-state index is 13.9. The van der Waals surface area contributed by atoms with Crippen molar-refractivity contribution in [3.63, 3.8) is 0 Å². The minimum atomic E-state index is -3.85. The van der Waals surface area contributed by atoms with Crippen molar-refractivity contribution >= 4 is 33.7 Å². The van der Waals surface area contributed by atoms with Crippen LogP contribution in [0.3, 0.4) is 0 Å². The summed E-state index contributed by atoms with van der Waals surface area (Å²) in [4.78, 5) is 14.9. The predicted octanol–water partition coefficient (Wildman–Crippen LogP) is 3.21. The number of piperazine rings is 1. The summed E-state index contributed by atoms with van der Waals surface area (Å²) < 4.78 is 76.8. The summed E-state index contributed by atoms with van der Waals surface area (Å²) in [7, 11) is -3.85. The molecule has 2 unspecified atom stereocenters. The molecular weight excluding hydrogens is 561 g/mol. The molecule has 1 aliphatic carbocycles. The van der Waals surface area contributed by atoms with E-state index in [0.717, 1.165) is 23.9 Å². The second-order valence-corrected chi connectivity index (χ2v) is 11.8. The van der Waals surface area contributed by atoms with Gasteiger partial charge in [-0.1, -0.05) is 12.1 Å².